The van der Waals surface area contributed by atoms with Gasteiger partial charge in [-0.15, -0.1) is 0 Å². The van der Waals surface area contributed by atoms with E-state index in [0.717, 1.165) is 24.9 Å². The molecule has 0 atom stereocenters. The van der Waals surface area contributed by atoms with Crippen molar-refractivity contribution in [3.05, 3.63) is 59.7 Å². The van der Waals surface area contributed by atoms with Gasteiger partial charge < -0.3 is 15.4 Å². The molecule has 3 rings (SSSR count). The van der Waals surface area contributed by atoms with Crippen LogP contribution in [0.4, 0.5) is 11.4 Å². The van der Waals surface area contributed by atoms with Crippen LogP contribution in [0.5, 0.6) is 0 Å². The van der Waals surface area contributed by atoms with Crippen LogP contribution in [0.3, 0.4) is 0 Å². The van der Waals surface area contributed by atoms with Crippen molar-refractivity contribution in [1.82, 2.24) is 4.90 Å². The highest BCUT2D eigenvalue weighted by atomic mass is 16.5. The Hall–Kier alpha value is -3.19. The minimum Gasteiger partial charge on any atom is -0.466 e. The average Bonchev–Trinajstić information content (AvgIpc) is 3.56. The molecule has 170 valence electrons. The van der Waals surface area contributed by atoms with Crippen LogP contribution in [0, 0.1) is 12.8 Å². The fourth-order valence-electron chi connectivity index (χ4n) is 3.49. The molecule has 2 aromatic carbocycles. The van der Waals surface area contributed by atoms with Crippen LogP contribution in [0.15, 0.2) is 48.5 Å². The number of para-hydroxylation sites is 1. The number of carbonyl (C=O) groups is 3. The molecule has 2 N–H and O–H groups in total. The van der Waals surface area contributed by atoms with Crippen molar-refractivity contribution in [2.45, 2.75) is 33.1 Å². The molecule has 0 aliphatic heterocycles. The minimum atomic E-state index is -0.288. The number of hydrogen-bond donors (Lipinski definition) is 2. The molecule has 0 unspecified atom stereocenters. The normalized spacial score (nSPS) is 13.0. The number of aryl methyl sites for hydroxylation is 1. The zero-order valence-electron chi connectivity index (χ0n) is 18.7. The number of carbonyl (C=O) groups excluding carboxylic acids is 3. The van der Waals surface area contributed by atoms with Crippen LogP contribution in [0.25, 0.3) is 0 Å². The summed E-state index contributed by atoms with van der Waals surface area (Å²) in [7, 11) is 0. The highest BCUT2D eigenvalue weighted by Gasteiger charge is 2.26. The summed E-state index contributed by atoms with van der Waals surface area (Å²) in [6.07, 6.45) is 2.56. The number of amides is 2. The summed E-state index contributed by atoms with van der Waals surface area (Å²) in [4.78, 5) is 39.3. The Morgan fingerprint density at radius 1 is 1.06 bits per heavy atom. The number of rotatable bonds is 11. The highest BCUT2D eigenvalue weighted by molar-refractivity contribution is 6.10. The molecule has 0 aromatic heterocycles. The summed E-state index contributed by atoms with van der Waals surface area (Å²) in [5.41, 5.74) is 2.59. The van der Waals surface area contributed by atoms with Gasteiger partial charge in [0.25, 0.3) is 5.91 Å². The van der Waals surface area contributed by atoms with E-state index in [-0.39, 0.29) is 30.7 Å². The van der Waals surface area contributed by atoms with Gasteiger partial charge in [0.05, 0.1) is 30.8 Å². The molecule has 0 saturated heterocycles. The summed E-state index contributed by atoms with van der Waals surface area (Å²) < 4.78 is 5.00. The maximum Gasteiger partial charge on any atom is 0.307 e. The van der Waals surface area contributed by atoms with Gasteiger partial charge in [0.15, 0.2) is 0 Å². The second-order valence-electron chi connectivity index (χ2n) is 8.15. The second-order valence-corrected chi connectivity index (χ2v) is 8.15. The molecule has 7 heteroatoms. The summed E-state index contributed by atoms with van der Waals surface area (Å²) >= 11 is 0. The summed E-state index contributed by atoms with van der Waals surface area (Å²) in [6, 6.07) is 14.5. The van der Waals surface area contributed by atoms with E-state index in [2.05, 4.69) is 10.6 Å². The van der Waals surface area contributed by atoms with Crippen LogP contribution in [-0.4, -0.2) is 48.9 Å². The third kappa shape index (κ3) is 7.50. The zero-order chi connectivity index (χ0) is 22.9. The molecule has 32 heavy (non-hydrogen) atoms. The molecule has 0 radical (unpaired) electrons. The maximum atomic E-state index is 12.8. The Morgan fingerprint density at radius 2 is 1.84 bits per heavy atom. The number of ether oxygens (including phenoxy) is 1. The minimum absolute atomic E-state index is 0.156. The van der Waals surface area contributed by atoms with E-state index in [1.54, 1.807) is 31.2 Å². The zero-order valence-corrected chi connectivity index (χ0v) is 18.7. The first-order chi connectivity index (χ1) is 15.4. The largest absolute Gasteiger partial charge is 0.466 e. The number of anilines is 2. The molecule has 2 amide bonds. The number of benzene rings is 2. The number of nitrogens with zero attached hydrogens (tertiary/aromatic N) is 1. The Bertz CT molecular complexity index is 956. The molecular weight excluding hydrogens is 406 g/mol. The number of esters is 1. The van der Waals surface area contributed by atoms with Gasteiger partial charge >= 0.3 is 5.97 Å². The van der Waals surface area contributed by atoms with Gasteiger partial charge in [-0.3, -0.25) is 19.3 Å². The molecule has 2 aromatic rings. The van der Waals surface area contributed by atoms with Crippen molar-refractivity contribution in [2.75, 3.05) is 36.9 Å². The topological polar surface area (TPSA) is 87.7 Å². The van der Waals surface area contributed by atoms with Crippen molar-refractivity contribution in [3.63, 3.8) is 0 Å². The Balaban J connectivity index is 1.62. The van der Waals surface area contributed by atoms with Crippen molar-refractivity contribution >= 4 is 29.2 Å². The molecule has 0 heterocycles. The summed E-state index contributed by atoms with van der Waals surface area (Å²) in [6.45, 7) is 5.49. The van der Waals surface area contributed by atoms with Crippen LogP contribution in [-0.2, 0) is 14.3 Å². The first-order valence-electron chi connectivity index (χ1n) is 11.1. The number of nitrogens with one attached hydrogen (secondary N) is 2. The van der Waals surface area contributed by atoms with E-state index < -0.39 is 0 Å². The lowest BCUT2D eigenvalue weighted by Gasteiger charge is -2.21. The summed E-state index contributed by atoms with van der Waals surface area (Å²) in [5.74, 6) is -0.182. The molecule has 0 spiro atoms. The molecule has 7 nitrogen and oxygen atoms in total. The van der Waals surface area contributed by atoms with E-state index in [4.69, 9.17) is 4.74 Å². The Labute approximate surface area is 189 Å². The van der Waals surface area contributed by atoms with Gasteiger partial charge in [-0.25, -0.2) is 0 Å². The maximum absolute atomic E-state index is 12.8. The van der Waals surface area contributed by atoms with Gasteiger partial charge in [-0.2, -0.15) is 0 Å². The first kappa shape index (κ1) is 23.5. The smallest absolute Gasteiger partial charge is 0.307 e. The Morgan fingerprint density at radius 3 is 2.56 bits per heavy atom. The third-order valence-corrected chi connectivity index (χ3v) is 5.24. The lowest BCUT2D eigenvalue weighted by atomic mass is 10.1. The van der Waals surface area contributed by atoms with Gasteiger partial charge in [-0.1, -0.05) is 24.3 Å². The predicted octanol–water partition coefficient (Wildman–Crippen LogP) is 3.85. The SMILES string of the molecule is CCOC(=O)CCN(CC(=O)Nc1ccccc1C(=O)Nc1cccc(C)c1)CC1CC1. The lowest BCUT2D eigenvalue weighted by Crippen LogP contribution is -2.36. The van der Waals surface area contributed by atoms with Crippen LogP contribution < -0.4 is 10.6 Å². The van der Waals surface area contributed by atoms with Gasteiger partial charge in [0.2, 0.25) is 5.91 Å². The molecule has 1 saturated carbocycles. The average molecular weight is 438 g/mol. The highest BCUT2D eigenvalue weighted by Crippen LogP contribution is 2.29. The monoisotopic (exact) mass is 437 g/mol. The standard InChI is InChI=1S/C25H31N3O4/c1-3-32-24(30)13-14-28(16-19-11-12-19)17-23(29)27-22-10-5-4-9-21(22)25(31)26-20-8-6-7-18(2)15-20/h4-10,15,19H,3,11-14,16-17H2,1-2H3,(H,26,31)(H,27,29). The van der Waals surface area contributed by atoms with Crippen LogP contribution in [0.2, 0.25) is 0 Å². The van der Waals surface area contributed by atoms with E-state index in [9.17, 15) is 14.4 Å². The van der Waals surface area contributed by atoms with Crippen molar-refractivity contribution in [2.24, 2.45) is 5.92 Å². The number of hydrogen-bond acceptors (Lipinski definition) is 5. The molecule has 0 bridgehead atoms. The molecule has 1 aliphatic rings. The van der Waals surface area contributed by atoms with Crippen LogP contribution >= 0.6 is 0 Å². The van der Waals surface area contributed by atoms with Crippen molar-refractivity contribution in [1.29, 1.82) is 0 Å². The van der Waals surface area contributed by atoms with Gasteiger partial charge in [0, 0.05) is 18.8 Å². The third-order valence-electron chi connectivity index (χ3n) is 5.24. The quantitative estimate of drug-likeness (QED) is 0.522. The van der Waals surface area contributed by atoms with E-state index in [1.807, 2.05) is 36.1 Å². The van der Waals surface area contributed by atoms with Crippen LogP contribution in [0.1, 0.15) is 42.1 Å². The second kappa shape index (κ2) is 11.4. The van der Waals surface area contributed by atoms with E-state index in [0.29, 0.717) is 36.0 Å². The lowest BCUT2D eigenvalue weighted by molar-refractivity contribution is -0.143. The van der Waals surface area contributed by atoms with E-state index in [1.165, 1.54) is 0 Å². The molecule has 1 fully saturated rings. The van der Waals surface area contributed by atoms with Crippen molar-refractivity contribution in [3.8, 4) is 0 Å². The predicted molar refractivity (Wildman–Crippen MR) is 125 cm³/mol. The summed E-state index contributed by atoms with van der Waals surface area (Å²) in [5, 5.41) is 5.75. The molecule has 1 aliphatic carbocycles. The fraction of sp³-hybridized carbons (Fsp3) is 0.400. The van der Waals surface area contributed by atoms with Crippen molar-refractivity contribution < 1.29 is 19.1 Å². The fourth-order valence-corrected chi connectivity index (χ4v) is 3.49. The Kier molecular flexibility index (Phi) is 8.39. The van der Waals surface area contributed by atoms with Gasteiger partial charge in [-0.05, 0) is 62.4 Å². The molecular formula is C25H31N3O4. The van der Waals surface area contributed by atoms with Gasteiger partial charge in [0.1, 0.15) is 0 Å². The first-order valence-corrected chi connectivity index (χ1v) is 11.1. The van der Waals surface area contributed by atoms with E-state index >= 15 is 0 Å².